The first kappa shape index (κ1) is 33.6. The molecule has 4 aromatic rings. The van der Waals surface area contributed by atoms with Gasteiger partial charge in [-0.05, 0) is 60.9 Å². The van der Waals surface area contributed by atoms with Crippen LogP contribution in [0.25, 0.3) is 0 Å². The van der Waals surface area contributed by atoms with Gasteiger partial charge in [0.15, 0.2) is 0 Å². The van der Waals surface area contributed by atoms with Crippen molar-refractivity contribution >= 4 is 39.1 Å². The minimum Gasteiger partial charge on any atom is -0.495 e. The number of para-hydroxylation sites is 2. The first-order valence-corrected chi connectivity index (χ1v) is 16.5. The fourth-order valence-electron chi connectivity index (χ4n) is 4.89. The van der Waals surface area contributed by atoms with Gasteiger partial charge in [-0.2, -0.15) is 0 Å². The number of methoxy groups -OCH3 is 1. The van der Waals surface area contributed by atoms with Crippen molar-refractivity contribution in [2.45, 2.75) is 44.2 Å². The zero-order valence-corrected chi connectivity index (χ0v) is 27.2. The molecule has 4 aromatic carbocycles. The highest BCUT2D eigenvalue weighted by atomic mass is 35.5. The van der Waals surface area contributed by atoms with E-state index in [-0.39, 0.29) is 35.2 Å². The van der Waals surface area contributed by atoms with E-state index in [0.717, 1.165) is 21.0 Å². The summed E-state index contributed by atoms with van der Waals surface area (Å²) in [5.41, 5.74) is 2.69. The summed E-state index contributed by atoms with van der Waals surface area (Å²) in [6.45, 7) is 3.73. The van der Waals surface area contributed by atoms with E-state index < -0.39 is 28.5 Å². The fraction of sp³-hybridized carbons (Fsp3) is 0.257. The van der Waals surface area contributed by atoms with Crippen molar-refractivity contribution in [2.24, 2.45) is 0 Å². The lowest BCUT2D eigenvalue weighted by Crippen LogP contribution is -2.53. The molecule has 0 spiro atoms. The number of hydrogen-bond donors (Lipinski definition) is 1. The summed E-state index contributed by atoms with van der Waals surface area (Å²) in [7, 11) is -2.80. The van der Waals surface area contributed by atoms with Crippen LogP contribution in [0.3, 0.4) is 0 Å². The summed E-state index contributed by atoms with van der Waals surface area (Å²) in [4.78, 5) is 29.7. The average Bonchev–Trinajstić information content (AvgIpc) is 3.05. The highest BCUT2D eigenvalue weighted by molar-refractivity contribution is 7.92. The van der Waals surface area contributed by atoms with Crippen molar-refractivity contribution in [1.82, 2.24) is 10.2 Å². The van der Waals surface area contributed by atoms with Gasteiger partial charge >= 0.3 is 0 Å². The molecule has 0 aromatic heterocycles. The topological polar surface area (TPSA) is 96.0 Å². The molecule has 0 unspecified atom stereocenters. The van der Waals surface area contributed by atoms with E-state index >= 15 is 0 Å². The van der Waals surface area contributed by atoms with Crippen LogP contribution in [-0.4, -0.2) is 51.4 Å². The van der Waals surface area contributed by atoms with Gasteiger partial charge < -0.3 is 15.0 Å². The van der Waals surface area contributed by atoms with E-state index in [0.29, 0.717) is 18.0 Å². The Labute approximate surface area is 270 Å². The van der Waals surface area contributed by atoms with Gasteiger partial charge in [-0.15, -0.1) is 0 Å². The molecule has 0 heterocycles. The van der Waals surface area contributed by atoms with E-state index in [1.54, 1.807) is 60.7 Å². The molecular weight excluding hydrogens is 610 g/mol. The Balaban J connectivity index is 1.82. The molecule has 0 aliphatic heterocycles. The average molecular weight is 648 g/mol. The number of rotatable bonds is 14. The quantitative estimate of drug-likeness (QED) is 0.181. The number of carbonyl (C=O) groups excluding carboxylic acids is 2. The third-order valence-corrected chi connectivity index (χ3v) is 9.35. The van der Waals surface area contributed by atoms with Crippen LogP contribution in [0, 0.1) is 6.92 Å². The number of ether oxygens (including phenoxy) is 1. The molecule has 2 amide bonds. The molecule has 0 saturated carbocycles. The second kappa shape index (κ2) is 15.6. The molecule has 0 fully saturated rings. The number of anilines is 1. The second-order valence-electron chi connectivity index (χ2n) is 10.6. The number of nitrogens with zero attached hydrogens (tertiary/aromatic N) is 2. The van der Waals surface area contributed by atoms with Crippen LogP contribution in [0.4, 0.5) is 5.69 Å². The van der Waals surface area contributed by atoms with Crippen molar-refractivity contribution in [3.8, 4) is 5.75 Å². The number of hydrogen-bond acceptors (Lipinski definition) is 5. The van der Waals surface area contributed by atoms with Crippen LogP contribution in [0.1, 0.15) is 30.0 Å². The van der Waals surface area contributed by atoms with Crippen molar-refractivity contribution in [2.75, 3.05) is 24.5 Å². The van der Waals surface area contributed by atoms with Gasteiger partial charge in [0.2, 0.25) is 11.8 Å². The van der Waals surface area contributed by atoms with Crippen LogP contribution in [0.5, 0.6) is 5.75 Å². The second-order valence-corrected chi connectivity index (χ2v) is 12.9. The number of halogens is 1. The van der Waals surface area contributed by atoms with Crippen molar-refractivity contribution in [1.29, 1.82) is 0 Å². The van der Waals surface area contributed by atoms with E-state index in [2.05, 4.69) is 5.32 Å². The van der Waals surface area contributed by atoms with Gasteiger partial charge in [0, 0.05) is 24.5 Å². The lowest BCUT2D eigenvalue weighted by molar-refractivity contribution is -0.140. The lowest BCUT2D eigenvalue weighted by Gasteiger charge is -2.34. The lowest BCUT2D eigenvalue weighted by atomic mass is 10.0. The summed E-state index contributed by atoms with van der Waals surface area (Å²) in [6.07, 6.45) is 0.945. The Bertz CT molecular complexity index is 1680. The number of sulfonamides is 1. The monoisotopic (exact) mass is 647 g/mol. The Kier molecular flexibility index (Phi) is 11.6. The largest absolute Gasteiger partial charge is 0.495 e. The van der Waals surface area contributed by atoms with Crippen molar-refractivity contribution in [3.63, 3.8) is 0 Å². The number of benzene rings is 4. The summed E-state index contributed by atoms with van der Waals surface area (Å²) >= 11 is 6.14. The maximum absolute atomic E-state index is 14.5. The molecule has 0 bridgehead atoms. The van der Waals surface area contributed by atoms with E-state index in [4.69, 9.17) is 16.3 Å². The first-order valence-electron chi connectivity index (χ1n) is 14.7. The molecule has 10 heteroatoms. The Morgan fingerprint density at radius 1 is 0.867 bits per heavy atom. The van der Waals surface area contributed by atoms with Gasteiger partial charge in [0.1, 0.15) is 18.3 Å². The van der Waals surface area contributed by atoms with Crippen LogP contribution < -0.4 is 14.4 Å². The smallest absolute Gasteiger partial charge is 0.264 e. The third-order valence-electron chi connectivity index (χ3n) is 7.33. The van der Waals surface area contributed by atoms with Crippen molar-refractivity contribution in [3.05, 3.63) is 125 Å². The van der Waals surface area contributed by atoms with Gasteiger partial charge in [0.05, 0.1) is 17.7 Å². The molecule has 1 atom stereocenters. The number of carbonyl (C=O) groups is 2. The van der Waals surface area contributed by atoms with Crippen LogP contribution in [-0.2, 0) is 32.6 Å². The van der Waals surface area contributed by atoms with E-state index in [1.165, 1.54) is 24.1 Å². The minimum absolute atomic E-state index is 0.0255. The highest BCUT2D eigenvalue weighted by Gasteiger charge is 2.35. The summed E-state index contributed by atoms with van der Waals surface area (Å²) in [5.74, 6) is -0.598. The van der Waals surface area contributed by atoms with Crippen LogP contribution in [0.15, 0.2) is 108 Å². The Morgan fingerprint density at radius 3 is 2.16 bits per heavy atom. The van der Waals surface area contributed by atoms with Gasteiger partial charge in [-0.1, -0.05) is 90.8 Å². The standard InChI is InChI=1S/C35H38ClN3O5S/c1-4-22-37-35(41)32(23-27-10-6-5-7-11-27)38(24-28-16-18-29(36)19-17-28)34(40)25-39(31-12-8-9-13-33(31)44-3)45(42,43)30-20-14-26(2)15-21-30/h5-21,32H,4,22-25H2,1-3H3,(H,37,41)/t32-/m1/s1. The molecule has 45 heavy (non-hydrogen) atoms. The highest BCUT2D eigenvalue weighted by Crippen LogP contribution is 2.33. The van der Waals surface area contributed by atoms with E-state index in [1.807, 2.05) is 44.2 Å². The fourth-order valence-corrected chi connectivity index (χ4v) is 6.44. The zero-order valence-electron chi connectivity index (χ0n) is 25.6. The van der Waals surface area contributed by atoms with Crippen molar-refractivity contribution < 1.29 is 22.7 Å². The molecular formula is C35H38ClN3O5S. The molecule has 0 radical (unpaired) electrons. The molecule has 4 rings (SSSR count). The number of aryl methyl sites for hydroxylation is 1. The summed E-state index contributed by atoms with van der Waals surface area (Å²) in [5, 5.41) is 3.47. The Hall–Kier alpha value is -4.34. The summed E-state index contributed by atoms with van der Waals surface area (Å²) < 4.78 is 35.0. The molecule has 0 saturated heterocycles. The molecule has 1 N–H and O–H groups in total. The Morgan fingerprint density at radius 2 is 1.51 bits per heavy atom. The molecule has 8 nitrogen and oxygen atoms in total. The normalized spacial score (nSPS) is 11.8. The number of nitrogens with one attached hydrogen (secondary N) is 1. The molecule has 0 aliphatic rings. The molecule has 0 aliphatic carbocycles. The molecule has 236 valence electrons. The number of amides is 2. The van der Waals surface area contributed by atoms with Gasteiger partial charge in [-0.25, -0.2) is 8.42 Å². The van der Waals surface area contributed by atoms with Crippen LogP contribution in [0.2, 0.25) is 5.02 Å². The zero-order chi connectivity index (χ0) is 32.4. The maximum Gasteiger partial charge on any atom is 0.264 e. The van der Waals surface area contributed by atoms with E-state index in [9.17, 15) is 18.0 Å². The minimum atomic E-state index is -4.24. The first-order chi connectivity index (χ1) is 21.6. The predicted octanol–water partition coefficient (Wildman–Crippen LogP) is 6.02. The van der Waals surface area contributed by atoms with Gasteiger partial charge in [-0.3, -0.25) is 13.9 Å². The predicted molar refractivity (Wildman–Crippen MR) is 178 cm³/mol. The third kappa shape index (κ3) is 8.65. The van der Waals surface area contributed by atoms with Crippen LogP contribution >= 0.6 is 11.6 Å². The maximum atomic E-state index is 14.5. The SMILES string of the molecule is CCCNC(=O)[C@@H](Cc1ccccc1)N(Cc1ccc(Cl)cc1)C(=O)CN(c1ccccc1OC)S(=O)(=O)c1ccc(C)cc1. The summed E-state index contributed by atoms with van der Waals surface area (Å²) in [6, 6.07) is 28.6. The van der Waals surface area contributed by atoms with Gasteiger partial charge in [0.25, 0.3) is 10.0 Å².